The van der Waals surface area contributed by atoms with Gasteiger partial charge in [-0.1, -0.05) is 39.2 Å². The number of nitriles is 1. The second kappa shape index (κ2) is 5.74. The number of hydrogen-bond donors (Lipinski definition) is 0. The fourth-order valence-corrected chi connectivity index (χ4v) is 2.43. The van der Waals surface area contributed by atoms with Crippen LogP contribution in [0.4, 0.5) is 0 Å². The van der Waals surface area contributed by atoms with E-state index in [-0.39, 0.29) is 5.69 Å². The molecular formula is C14H10BrN5. The maximum Gasteiger partial charge on any atom is 0.144 e. The molecule has 5 nitrogen and oxygen atoms in total. The van der Waals surface area contributed by atoms with Crippen LogP contribution < -0.4 is 0 Å². The summed E-state index contributed by atoms with van der Waals surface area (Å²) >= 11 is 3.40. The molecule has 0 N–H and O–H groups in total. The first-order valence-electron chi connectivity index (χ1n) is 5.79. The Labute approximate surface area is 124 Å². The lowest BCUT2D eigenvalue weighted by atomic mass is 9.84. The second-order valence-electron chi connectivity index (χ2n) is 4.28. The Balaban J connectivity index is 2.73. The minimum Gasteiger partial charge on any atom is -0.245 e. The molecule has 0 aliphatic rings. The molecule has 0 saturated heterocycles. The molecule has 98 valence electrons. The molecule has 1 unspecified atom stereocenters. The highest BCUT2D eigenvalue weighted by Gasteiger charge is 2.31. The van der Waals surface area contributed by atoms with Crippen molar-refractivity contribution in [3.8, 4) is 6.07 Å². The smallest absolute Gasteiger partial charge is 0.144 e. The van der Waals surface area contributed by atoms with Crippen molar-refractivity contribution in [2.45, 2.75) is 12.5 Å². The number of halogens is 1. The molecule has 1 heterocycles. The Bertz CT molecular complexity index is 730. The summed E-state index contributed by atoms with van der Waals surface area (Å²) in [7, 11) is 0. The van der Waals surface area contributed by atoms with Gasteiger partial charge in [-0.15, -0.1) is 0 Å². The van der Waals surface area contributed by atoms with E-state index in [4.69, 9.17) is 5.53 Å². The molecule has 0 saturated carbocycles. The molecule has 0 amide bonds. The van der Waals surface area contributed by atoms with Gasteiger partial charge in [0.2, 0.25) is 0 Å². The van der Waals surface area contributed by atoms with E-state index in [0.717, 1.165) is 10.0 Å². The van der Waals surface area contributed by atoms with Gasteiger partial charge in [0.25, 0.3) is 0 Å². The van der Waals surface area contributed by atoms with Crippen LogP contribution in [0.3, 0.4) is 0 Å². The third-order valence-corrected chi connectivity index (χ3v) is 3.56. The van der Waals surface area contributed by atoms with Crippen LogP contribution >= 0.6 is 15.9 Å². The van der Waals surface area contributed by atoms with Gasteiger partial charge >= 0.3 is 0 Å². The minimum atomic E-state index is -0.988. The van der Waals surface area contributed by atoms with E-state index in [1.54, 1.807) is 25.3 Å². The quantitative estimate of drug-likeness (QED) is 0.478. The highest BCUT2D eigenvalue weighted by molar-refractivity contribution is 9.10. The summed E-state index contributed by atoms with van der Waals surface area (Å²) in [6, 6.07) is 13.0. The molecule has 0 fully saturated rings. The predicted octanol–water partition coefficient (Wildman–Crippen LogP) is 4.29. The van der Waals surface area contributed by atoms with Gasteiger partial charge < -0.3 is 0 Å². The Hall–Kier alpha value is -2.35. The van der Waals surface area contributed by atoms with Crippen molar-refractivity contribution in [1.29, 1.82) is 5.26 Å². The average molecular weight is 328 g/mol. The van der Waals surface area contributed by atoms with Gasteiger partial charge in [0.15, 0.2) is 0 Å². The number of rotatable bonds is 3. The number of benzene rings is 1. The second-order valence-corrected chi connectivity index (χ2v) is 5.20. The van der Waals surface area contributed by atoms with Gasteiger partial charge in [0.05, 0.1) is 5.54 Å². The molecule has 20 heavy (non-hydrogen) atoms. The molecule has 1 atom stereocenters. The van der Waals surface area contributed by atoms with E-state index in [2.05, 4.69) is 30.9 Å². The monoisotopic (exact) mass is 327 g/mol. The summed E-state index contributed by atoms with van der Waals surface area (Å²) in [6.07, 6.45) is 1.54. The van der Waals surface area contributed by atoms with E-state index in [9.17, 15) is 5.26 Å². The van der Waals surface area contributed by atoms with Crippen LogP contribution in [0, 0.1) is 11.3 Å². The summed E-state index contributed by atoms with van der Waals surface area (Å²) in [5.41, 5.74) is 9.53. The number of pyridine rings is 1. The SMILES string of the molecule is CC(N=[N+]=[N-])(c1cccc(Br)c1)c1cccnc1C#N. The van der Waals surface area contributed by atoms with E-state index in [0.29, 0.717) is 5.56 Å². The molecule has 0 aliphatic carbocycles. The molecule has 2 rings (SSSR count). The van der Waals surface area contributed by atoms with Crippen LogP contribution in [0.25, 0.3) is 10.4 Å². The lowest BCUT2D eigenvalue weighted by Gasteiger charge is -2.25. The van der Waals surface area contributed by atoms with Gasteiger partial charge in [-0.3, -0.25) is 0 Å². The van der Waals surface area contributed by atoms with Gasteiger partial charge in [-0.25, -0.2) is 4.98 Å². The van der Waals surface area contributed by atoms with Crippen LogP contribution in [-0.4, -0.2) is 4.98 Å². The van der Waals surface area contributed by atoms with Crippen LogP contribution in [0.5, 0.6) is 0 Å². The van der Waals surface area contributed by atoms with Crippen molar-refractivity contribution in [3.63, 3.8) is 0 Å². The van der Waals surface area contributed by atoms with Crippen LogP contribution in [0.2, 0.25) is 0 Å². The molecule has 0 aliphatic heterocycles. The lowest BCUT2D eigenvalue weighted by molar-refractivity contribution is 0.593. The highest BCUT2D eigenvalue weighted by atomic mass is 79.9. The number of aromatic nitrogens is 1. The molecule has 0 spiro atoms. The third kappa shape index (κ3) is 2.50. The van der Waals surface area contributed by atoms with Gasteiger partial charge in [-0.05, 0) is 36.2 Å². The normalized spacial score (nSPS) is 12.8. The lowest BCUT2D eigenvalue weighted by Crippen LogP contribution is -2.22. The Morgan fingerprint density at radius 1 is 1.40 bits per heavy atom. The van der Waals surface area contributed by atoms with Crippen LogP contribution in [0.15, 0.2) is 52.2 Å². The Morgan fingerprint density at radius 2 is 2.20 bits per heavy atom. The zero-order chi connectivity index (χ0) is 14.6. The zero-order valence-corrected chi connectivity index (χ0v) is 12.2. The minimum absolute atomic E-state index is 0.252. The molecule has 1 aromatic carbocycles. The topological polar surface area (TPSA) is 85.4 Å². The third-order valence-electron chi connectivity index (χ3n) is 3.07. The van der Waals surface area contributed by atoms with Crippen LogP contribution in [0.1, 0.15) is 23.7 Å². The first kappa shape index (κ1) is 14.1. The summed E-state index contributed by atoms with van der Waals surface area (Å²) in [6.45, 7) is 1.77. The van der Waals surface area contributed by atoms with Gasteiger partial charge in [-0.2, -0.15) is 5.26 Å². The molecule has 1 aromatic heterocycles. The van der Waals surface area contributed by atoms with E-state index < -0.39 is 5.54 Å². The average Bonchev–Trinajstić information content (AvgIpc) is 2.47. The Morgan fingerprint density at radius 3 is 2.85 bits per heavy atom. The molecular weight excluding hydrogens is 318 g/mol. The maximum absolute atomic E-state index is 9.19. The van der Waals surface area contributed by atoms with Gasteiger partial charge in [0, 0.05) is 21.1 Å². The number of azide groups is 1. The van der Waals surface area contributed by atoms with Crippen molar-refractivity contribution in [3.05, 3.63) is 74.3 Å². The van der Waals surface area contributed by atoms with Crippen molar-refractivity contribution in [2.75, 3.05) is 0 Å². The summed E-state index contributed by atoms with van der Waals surface area (Å²) < 4.78 is 0.872. The van der Waals surface area contributed by atoms with Crippen molar-refractivity contribution >= 4 is 15.9 Å². The standard InChI is InChI=1S/C14H10BrN5/c1-14(19-20-17,10-4-2-5-11(15)8-10)12-6-3-7-18-13(12)9-16/h2-8H,1H3. The van der Waals surface area contributed by atoms with E-state index in [1.807, 2.05) is 30.3 Å². The van der Waals surface area contributed by atoms with E-state index >= 15 is 0 Å². The van der Waals surface area contributed by atoms with Crippen LogP contribution in [-0.2, 0) is 5.54 Å². The largest absolute Gasteiger partial charge is 0.245 e. The molecule has 6 heteroatoms. The fraction of sp³-hybridized carbons (Fsp3) is 0.143. The molecule has 0 bridgehead atoms. The number of hydrogen-bond acceptors (Lipinski definition) is 3. The first-order valence-corrected chi connectivity index (χ1v) is 6.59. The molecule has 0 radical (unpaired) electrons. The predicted molar refractivity (Wildman–Crippen MR) is 78.7 cm³/mol. The first-order chi connectivity index (χ1) is 9.61. The van der Waals surface area contributed by atoms with E-state index in [1.165, 1.54) is 0 Å². The molecule has 2 aromatic rings. The van der Waals surface area contributed by atoms with Crippen molar-refractivity contribution in [2.24, 2.45) is 5.11 Å². The fourth-order valence-electron chi connectivity index (χ4n) is 2.04. The Kier molecular flexibility index (Phi) is 4.04. The van der Waals surface area contributed by atoms with Crippen molar-refractivity contribution in [1.82, 2.24) is 4.98 Å². The maximum atomic E-state index is 9.19. The van der Waals surface area contributed by atoms with Gasteiger partial charge in [0.1, 0.15) is 11.8 Å². The summed E-state index contributed by atoms with van der Waals surface area (Å²) in [5.74, 6) is 0. The summed E-state index contributed by atoms with van der Waals surface area (Å²) in [5, 5.41) is 13.1. The highest BCUT2D eigenvalue weighted by Crippen LogP contribution is 2.36. The summed E-state index contributed by atoms with van der Waals surface area (Å²) in [4.78, 5) is 6.98. The zero-order valence-electron chi connectivity index (χ0n) is 10.7. The van der Waals surface area contributed by atoms with Crippen molar-refractivity contribution < 1.29 is 0 Å². The number of nitrogens with zero attached hydrogens (tertiary/aromatic N) is 5.